The van der Waals surface area contributed by atoms with Crippen LogP contribution in [0.15, 0.2) is 47.5 Å². The summed E-state index contributed by atoms with van der Waals surface area (Å²) in [6.07, 6.45) is 5.33. The first-order valence-electron chi connectivity index (χ1n) is 7.55. The van der Waals surface area contributed by atoms with E-state index < -0.39 is 10.0 Å². The molecular weight excluding hydrogens is 334 g/mol. The number of rotatable bonds is 4. The van der Waals surface area contributed by atoms with Crippen molar-refractivity contribution in [2.24, 2.45) is 0 Å². The number of hydrogen-bond donors (Lipinski definition) is 1. The lowest BCUT2D eigenvalue weighted by Gasteiger charge is -2.28. The van der Waals surface area contributed by atoms with Crippen molar-refractivity contribution in [3.8, 4) is 0 Å². The predicted molar refractivity (Wildman–Crippen MR) is 92.6 cm³/mol. The molecule has 3 rings (SSSR count). The highest BCUT2D eigenvalue weighted by molar-refractivity contribution is 7.92. The number of pyridine rings is 1. The maximum atomic E-state index is 12.4. The van der Waals surface area contributed by atoms with E-state index in [0.717, 1.165) is 18.8 Å². The highest BCUT2D eigenvalue weighted by Crippen LogP contribution is 2.24. The molecule has 7 heteroatoms. The molecule has 1 aliphatic heterocycles. The summed E-state index contributed by atoms with van der Waals surface area (Å²) in [5.74, 6) is 0.283. The van der Waals surface area contributed by atoms with E-state index in [4.69, 9.17) is 11.6 Å². The number of sulfonamides is 1. The second kappa shape index (κ2) is 6.76. The Morgan fingerprint density at radius 1 is 1.04 bits per heavy atom. The van der Waals surface area contributed by atoms with E-state index in [0.29, 0.717) is 0 Å². The molecule has 0 atom stereocenters. The summed E-state index contributed by atoms with van der Waals surface area (Å²) >= 11 is 5.96. The van der Waals surface area contributed by atoms with Crippen molar-refractivity contribution in [3.05, 3.63) is 47.6 Å². The average molecular weight is 352 g/mol. The van der Waals surface area contributed by atoms with Gasteiger partial charge in [0.25, 0.3) is 10.0 Å². The Bertz CT molecular complexity index is 772. The maximum absolute atomic E-state index is 12.4. The van der Waals surface area contributed by atoms with Crippen molar-refractivity contribution < 1.29 is 8.42 Å². The standard InChI is InChI=1S/C16H18ClN3O2S/c17-14-6-2-3-7-15(14)23(21,22)19-16-9-8-13(12-18-16)20-10-4-1-5-11-20/h2-3,6-9,12H,1,4-5,10-11H2,(H,18,19). The van der Waals surface area contributed by atoms with Gasteiger partial charge in [-0.05, 0) is 43.5 Å². The van der Waals surface area contributed by atoms with Gasteiger partial charge in [-0.3, -0.25) is 4.72 Å². The molecule has 1 aliphatic rings. The number of halogens is 1. The van der Waals surface area contributed by atoms with Gasteiger partial charge in [0.05, 0.1) is 16.9 Å². The van der Waals surface area contributed by atoms with Gasteiger partial charge < -0.3 is 4.90 Å². The highest BCUT2D eigenvalue weighted by Gasteiger charge is 2.18. The van der Waals surface area contributed by atoms with E-state index in [1.807, 2.05) is 6.07 Å². The van der Waals surface area contributed by atoms with Gasteiger partial charge in [0.15, 0.2) is 0 Å². The minimum Gasteiger partial charge on any atom is -0.370 e. The van der Waals surface area contributed by atoms with E-state index in [2.05, 4.69) is 14.6 Å². The number of aromatic nitrogens is 1. The van der Waals surface area contributed by atoms with Crippen LogP contribution in [0.5, 0.6) is 0 Å². The summed E-state index contributed by atoms with van der Waals surface area (Å²) in [6, 6.07) is 9.90. The molecule has 122 valence electrons. The molecule has 0 unspecified atom stereocenters. The van der Waals surface area contributed by atoms with Crippen LogP contribution in [0.2, 0.25) is 5.02 Å². The van der Waals surface area contributed by atoms with Crippen LogP contribution in [0.3, 0.4) is 0 Å². The third kappa shape index (κ3) is 3.76. The largest absolute Gasteiger partial charge is 0.370 e. The topological polar surface area (TPSA) is 62.3 Å². The van der Waals surface area contributed by atoms with E-state index in [1.54, 1.807) is 30.5 Å². The summed E-state index contributed by atoms with van der Waals surface area (Å²) in [4.78, 5) is 6.53. The lowest BCUT2D eigenvalue weighted by molar-refractivity contribution is 0.577. The molecule has 0 radical (unpaired) electrons. The number of hydrogen-bond acceptors (Lipinski definition) is 4. The number of nitrogens with zero attached hydrogens (tertiary/aromatic N) is 2. The Balaban J connectivity index is 1.76. The highest BCUT2D eigenvalue weighted by atomic mass is 35.5. The van der Waals surface area contributed by atoms with E-state index >= 15 is 0 Å². The van der Waals surface area contributed by atoms with Gasteiger partial charge in [-0.2, -0.15) is 0 Å². The van der Waals surface area contributed by atoms with Crippen LogP contribution in [-0.2, 0) is 10.0 Å². The van der Waals surface area contributed by atoms with Gasteiger partial charge >= 0.3 is 0 Å². The van der Waals surface area contributed by atoms with E-state index in [9.17, 15) is 8.42 Å². The van der Waals surface area contributed by atoms with Crippen LogP contribution in [0.4, 0.5) is 11.5 Å². The summed E-state index contributed by atoms with van der Waals surface area (Å²) in [5.41, 5.74) is 1.02. The molecule has 1 aromatic carbocycles. The first-order valence-corrected chi connectivity index (χ1v) is 9.41. The van der Waals surface area contributed by atoms with Crippen LogP contribution >= 0.6 is 11.6 Å². The Hall–Kier alpha value is -1.79. The summed E-state index contributed by atoms with van der Waals surface area (Å²) in [5, 5.41) is 0.185. The van der Waals surface area contributed by atoms with Gasteiger partial charge in [0, 0.05) is 13.1 Å². The first kappa shape index (κ1) is 16.1. The maximum Gasteiger partial charge on any atom is 0.264 e. The van der Waals surface area contributed by atoms with Crippen molar-refractivity contribution >= 4 is 33.1 Å². The van der Waals surface area contributed by atoms with Crippen LogP contribution in [0, 0.1) is 0 Å². The zero-order chi connectivity index (χ0) is 16.3. The molecule has 23 heavy (non-hydrogen) atoms. The van der Waals surface area contributed by atoms with Crippen LogP contribution in [0.25, 0.3) is 0 Å². The smallest absolute Gasteiger partial charge is 0.264 e. The number of piperidine rings is 1. The average Bonchev–Trinajstić information content (AvgIpc) is 2.56. The van der Waals surface area contributed by atoms with Gasteiger partial charge in [-0.1, -0.05) is 23.7 Å². The Kier molecular flexibility index (Phi) is 4.73. The number of nitrogens with one attached hydrogen (secondary N) is 1. The molecule has 0 bridgehead atoms. The Labute approximate surface area is 141 Å². The summed E-state index contributed by atoms with van der Waals surface area (Å²) in [7, 11) is -3.74. The number of benzene rings is 1. The minimum absolute atomic E-state index is 0.0450. The van der Waals surface area contributed by atoms with Crippen molar-refractivity contribution in [2.45, 2.75) is 24.2 Å². The zero-order valence-electron chi connectivity index (χ0n) is 12.6. The predicted octanol–water partition coefficient (Wildman–Crippen LogP) is 3.53. The third-order valence-electron chi connectivity index (χ3n) is 3.83. The fourth-order valence-corrected chi connectivity index (χ4v) is 4.17. The van der Waals surface area contributed by atoms with Crippen LogP contribution in [-0.4, -0.2) is 26.5 Å². The van der Waals surface area contributed by atoms with Gasteiger partial charge in [-0.15, -0.1) is 0 Å². The van der Waals surface area contributed by atoms with Gasteiger partial charge in [-0.25, -0.2) is 13.4 Å². The minimum atomic E-state index is -3.74. The molecule has 1 saturated heterocycles. The molecular formula is C16H18ClN3O2S. The van der Waals surface area contributed by atoms with Crippen LogP contribution < -0.4 is 9.62 Å². The molecule has 0 spiro atoms. The van der Waals surface area contributed by atoms with Crippen LogP contribution in [0.1, 0.15) is 19.3 Å². The molecule has 5 nitrogen and oxygen atoms in total. The molecule has 0 saturated carbocycles. The van der Waals surface area contributed by atoms with Crippen molar-refractivity contribution in [1.82, 2.24) is 4.98 Å². The van der Waals surface area contributed by atoms with Crippen molar-refractivity contribution in [3.63, 3.8) is 0 Å². The summed E-state index contributed by atoms with van der Waals surface area (Å²) < 4.78 is 27.2. The number of anilines is 2. The molecule has 1 aromatic heterocycles. The molecule has 2 aromatic rings. The van der Waals surface area contributed by atoms with E-state index in [-0.39, 0.29) is 15.7 Å². The Morgan fingerprint density at radius 3 is 2.43 bits per heavy atom. The van der Waals surface area contributed by atoms with E-state index in [1.165, 1.54) is 25.3 Å². The SMILES string of the molecule is O=S(=O)(Nc1ccc(N2CCCCC2)cn1)c1ccccc1Cl. The normalized spacial score (nSPS) is 15.4. The molecule has 1 N–H and O–H groups in total. The zero-order valence-corrected chi connectivity index (χ0v) is 14.1. The molecule has 0 aliphatic carbocycles. The second-order valence-electron chi connectivity index (χ2n) is 5.49. The summed E-state index contributed by atoms with van der Waals surface area (Å²) in [6.45, 7) is 2.04. The van der Waals surface area contributed by atoms with Crippen molar-refractivity contribution in [1.29, 1.82) is 0 Å². The monoisotopic (exact) mass is 351 g/mol. The van der Waals surface area contributed by atoms with Gasteiger partial charge in [0.1, 0.15) is 10.7 Å². The lowest BCUT2D eigenvalue weighted by Crippen LogP contribution is -2.29. The molecule has 2 heterocycles. The fourth-order valence-electron chi connectivity index (χ4n) is 2.64. The lowest BCUT2D eigenvalue weighted by atomic mass is 10.1. The first-order chi connectivity index (χ1) is 11.1. The molecule has 0 amide bonds. The molecule has 1 fully saturated rings. The third-order valence-corrected chi connectivity index (χ3v) is 5.69. The quantitative estimate of drug-likeness (QED) is 0.915. The van der Waals surface area contributed by atoms with Crippen molar-refractivity contribution in [2.75, 3.05) is 22.7 Å². The Morgan fingerprint density at radius 2 is 1.78 bits per heavy atom. The fraction of sp³-hybridized carbons (Fsp3) is 0.312. The second-order valence-corrected chi connectivity index (χ2v) is 7.54. The van der Waals surface area contributed by atoms with Gasteiger partial charge in [0.2, 0.25) is 0 Å².